The molecule has 19 heavy (non-hydrogen) atoms. The maximum absolute atomic E-state index is 13.6. The number of rotatable bonds is 3. The zero-order valence-corrected chi connectivity index (χ0v) is 12.1. The Bertz CT molecular complexity index is 544. The van der Waals surface area contributed by atoms with Crippen molar-refractivity contribution in [1.82, 2.24) is 4.72 Å². The van der Waals surface area contributed by atoms with Crippen LogP contribution in [0.4, 0.5) is 4.39 Å². The molecule has 2 rings (SSSR count). The van der Waals surface area contributed by atoms with Gasteiger partial charge in [-0.1, -0.05) is 38.8 Å². The van der Waals surface area contributed by atoms with Gasteiger partial charge in [-0.15, -0.1) is 0 Å². The molecule has 0 bridgehead atoms. The smallest absolute Gasteiger partial charge is 0.208 e. The van der Waals surface area contributed by atoms with Crippen molar-refractivity contribution in [2.45, 2.75) is 44.0 Å². The molecule has 0 spiro atoms. The molecular weight excluding hydrogens is 265 g/mol. The van der Waals surface area contributed by atoms with Crippen molar-refractivity contribution in [3.8, 4) is 0 Å². The van der Waals surface area contributed by atoms with E-state index >= 15 is 0 Å². The molecule has 1 aliphatic rings. The van der Waals surface area contributed by atoms with Gasteiger partial charge in [-0.3, -0.25) is 0 Å². The van der Waals surface area contributed by atoms with E-state index in [1.165, 1.54) is 24.3 Å². The first-order valence-electron chi connectivity index (χ1n) is 6.68. The van der Waals surface area contributed by atoms with Gasteiger partial charge in [-0.05, 0) is 30.4 Å². The van der Waals surface area contributed by atoms with Crippen LogP contribution in [-0.4, -0.2) is 14.5 Å². The summed E-state index contributed by atoms with van der Waals surface area (Å²) in [6, 6.07) is 5.38. The molecule has 1 fully saturated rings. The molecule has 1 N–H and O–H groups in total. The molecule has 5 heteroatoms. The highest BCUT2D eigenvalue weighted by atomic mass is 32.2. The van der Waals surface area contributed by atoms with Crippen LogP contribution in [-0.2, 0) is 10.0 Å². The predicted octanol–water partition coefficient (Wildman–Crippen LogP) is 2.93. The lowest BCUT2D eigenvalue weighted by atomic mass is 9.78. The second-order valence-corrected chi connectivity index (χ2v) is 7.11. The van der Waals surface area contributed by atoms with E-state index < -0.39 is 15.8 Å². The second kappa shape index (κ2) is 5.59. The first-order valence-corrected chi connectivity index (χ1v) is 8.17. The summed E-state index contributed by atoms with van der Waals surface area (Å²) in [6.45, 7) is 4.19. The minimum Gasteiger partial charge on any atom is -0.208 e. The molecule has 1 aromatic carbocycles. The molecule has 1 saturated carbocycles. The number of sulfonamides is 1. The number of hydrogen-bond acceptors (Lipinski definition) is 2. The van der Waals surface area contributed by atoms with Gasteiger partial charge >= 0.3 is 0 Å². The van der Waals surface area contributed by atoms with Crippen LogP contribution >= 0.6 is 0 Å². The zero-order valence-electron chi connectivity index (χ0n) is 11.3. The maximum atomic E-state index is 13.6. The number of nitrogens with one attached hydrogen (secondary N) is 1. The minimum atomic E-state index is -3.77. The Hall–Kier alpha value is -0.940. The molecule has 0 aromatic heterocycles. The fourth-order valence-electron chi connectivity index (χ4n) is 2.67. The van der Waals surface area contributed by atoms with Crippen molar-refractivity contribution in [3.05, 3.63) is 30.1 Å². The molecule has 1 aromatic rings. The van der Waals surface area contributed by atoms with E-state index in [9.17, 15) is 12.8 Å². The van der Waals surface area contributed by atoms with Gasteiger partial charge in [0.2, 0.25) is 10.0 Å². The standard InChI is InChI=1S/C14H20FNO2S/c1-10-6-5-8-13(11(10)2)16-19(17,18)14-9-4-3-7-12(14)15/h3-4,7,9-11,13,16H,5-6,8H2,1-2H3/t10-,11-,13-/m1/s1. The molecule has 0 heterocycles. The monoisotopic (exact) mass is 285 g/mol. The Kier molecular flexibility index (Phi) is 4.26. The van der Waals surface area contributed by atoms with Gasteiger partial charge in [0.15, 0.2) is 0 Å². The van der Waals surface area contributed by atoms with E-state index in [-0.39, 0.29) is 16.9 Å². The summed E-state index contributed by atoms with van der Waals surface area (Å²) in [6.07, 6.45) is 2.95. The summed E-state index contributed by atoms with van der Waals surface area (Å²) in [4.78, 5) is -0.263. The Balaban J connectivity index is 2.20. The molecule has 0 aliphatic heterocycles. The van der Waals surface area contributed by atoms with Gasteiger partial charge in [0.05, 0.1) is 0 Å². The largest absolute Gasteiger partial charge is 0.243 e. The van der Waals surface area contributed by atoms with Crippen LogP contribution in [0.5, 0.6) is 0 Å². The molecule has 3 atom stereocenters. The first kappa shape index (κ1) is 14.5. The van der Waals surface area contributed by atoms with Gasteiger partial charge in [0.1, 0.15) is 10.7 Å². The minimum absolute atomic E-state index is 0.103. The van der Waals surface area contributed by atoms with Crippen LogP contribution in [0.2, 0.25) is 0 Å². The van der Waals surface area contributed by atoms with Gasteiger partial charge in [0.25, 0.3) is 0 Å². The van der Waals surface area contributed by atoms with Crippen molar-refractivity contribution in [2.24, 2.45) is 11.8 Å². The third-order valence-electron chi connectivity index (χ3n) is 4.14. The Morgan fingerprint density at radius 3 is 2.58 bits per heavy atom. The number of hydrogen-bond donors (Lipinski definition) is 1. The highest BCUT2D eigenvalue weighted by molar-refractivity contribution is 7.89. The van der Waals surface area contributed by atoms with E-state index in [1.807, 2.05) is 0 Å². The van der Waals surface area contributed by atoms with Crippen LogP contribution in [0.15, 0.2) is 29.2 Å². The van der Waals surface area contributed by atoms with Gasteiger partial charge in [-0.25, -0.2) is 17.5 Å². The second-order valence-electron chi connectivity index (χ2n) is 5.43. The Morgan fingerprint density at radius 1 is 1.21 bits per heavy atom. The van der Waals surface area contributed by atoms with Crippen molar-refractivity contribution in [3.63, 3.8) is 0 Å². The van der Waals surface area contributed by atoms with Crippen LogP contribution in [0, 0.1) is 17.7 Å². The van der Waals surface area contributed by atoms with E-state index in [1.54, 1.807) is 0 Å². The van der Waals surface area contributed by atoms with Crippen LogP contribution in [0.25, 0.3) is 0 Å². The lowest BCUT2D eigenvalue weighted by Crippen LogP contribution is -2.43. The molecule has 0 amide bonds. The zero-order chi connectivity index (χ0) is 14.0. The number of benzene rings is 1. The summed E-state index contributed by atoms with van der Waals surface area (Å²) in [5.74, 6) is 0.0591. The molecule has 0 saturated heterocycles. The summed E-state index contributed by atoms with van der Waals surface area (Å²) in [5.41, 5.74) is 0. The average Bonchev–Trinajstić information content (AvgIpc) is 2.35. The third-order valence-corrected chi connectivity index (χ3v) is 5.66. The quantitative estimate of drug-likeness (QED) is 0.928. The lowest BCUT2D eigenvalue weighted by molar-refractivity contribution is 0.227. The highest BCUT2D eigenvalue weighted by Crippen LogP contribution is 2.30. The summed E-state index contributed by atoms with van der Waals surface area (Å²) in [7, 11) is -3.77. The number of halogens is 1. The lowest BCUT2D eigenvalue weighted by Gasteiger charge is -2.34. The van der Waals surface area contributed by atoms with Crippen LogP contribution in [0.3, 0.4) is 0 Å². The summed E-state index contributed by atoms with van der Waals surface area (Å²) in [5, 5.41) is 0. The third kappa shape index (κ3) is 3.15. The fraction of sp³-hybridized carbons (Fsp3) is 0.571. The average molecular weight is 285 g/mol. The van der Waals surface area contributed by atoms with Crippen molar-refractivity contribution in [1.29, 1.82) is 0 Å². The van der Waals surface area contributed by atoms with Crippen LogP contribution < -0.4 is 4.72 Å². The Labute approximate surface area is 114 Å². The van der Waals surface area contributed by atoms with E-state index in [0.29, 0.717) is 5.92 Å². The van der Waals surface area contributed by atoms with Crippen molar-refractivity contribution in [2.75, 3.05) is 0 Å². The highest BCUT2D eigenvalue weighted by Gasteiger charge is 2.31. The maximum Gasteiger partial charge on any atom is 0.243 e. The predicted molar refractivity (Wildman–Crippen MR) is 72.7 cm³/mol. The molecular formula is C14H20FNO2S. The van der Waals surface area contributed by atoms with Crippen molar-refractivity contribution >= 4 is 10.0 Å². The summed E-state index contributed by atoms with van der Waals surface area (Å²) >= 11 is 0. The molecule has 0 radical (unpaired) electrons. The molecule has 106 valence electrons. The topological polar surface area (TPSA) is 46.2 Å². The van der Waals surface area contributed by atoms with Crippen LogP contribution in [0.1, 0.15) is 33.1 Å². The van der Waals surface area contributed by atoms with Gasteiger partial charge in [-0.2, -0.15) is 0 Å². The Morgan fingerprint density at radius 2 is 1.89 bits per heavy atom. The van der Waals surface area contributed by atoms with E-state index in [4.69, 9.17) is 0 Å². The van der Waals surface area contributed by atoms with Gasteiger partial charge < -0.3 is 0 Å². The summed E-state index contributed by atoms with van der Waals surface area (Å²) < 4.78 is 40.7. The molecule has 3 nitrogen and oxygen atoms in total. The molecule has 0 unspecified atom stereocenters. The molecule has 1 aliphatic carbocycles. The normalized spacial score (nSPS) is 28.3. The van der Waals surface area contributed by atoms with Gasteiger partial charge in [0, 0.05) is 6.04 Å². The van der Waals surface area contributed by atoms with E-state index in [2.05, 4.69) is 18.6 Å². The van der Waals surface area contributed by atoms with Crippen molar-refractivity contribution < 1.29 is 12.8 Å². The van der Waals surface area contributed by atoms with E-state index in [0.717, 1.165) is 19.3 Å². The fourth-order valence-corrected chi connectivity index (χ4v) is 4.11. The first-order chi connectivity index (χ1) is 8.92. The SMILES string of the molecule is C[C@@H]1[C@H](C)CCC[C@H]1NS(=O)(=O)c1ccccc1F.